The van der Waals surface area contributed by atoms with Gasteiger partial charge in [0.15, 0.2) is 11.2 Å². The standard InChI is InChI=1S/C20H14FN7O2/c21-15-8-6-14(7-9-15)18-23-16(30-25-18)11-27-12-22-19-17(20(27)29)24-26-28(19)10-13-4-2-1-3-5-13/h1-9,12H,10-11H2. The first-order chi connectivity index (χ1) is 14.7. The minimum atomic E-state index is -0.360. The molecule has 0 aliphatic rings. The fraction of sp³-hybridized carbons (Fsp3) is 0.100. The molecule has 0 saturated heterocycles. The highest BCUT2D eigenvalue weighted by Gasteiger charge is 2.15. The van der Waals surface area contributed by atoms with Gasteiger partial charge in [-0.05, 0) is 29.8 Å². The molecule has 0 unspecified atom stereocenters. The van der Waals surface area contributed by atoms with E-state index in [2.05, 4.69) is 25.4 Å². The van der Waals surface area contributed by atoms with Crippen LogP contribution in [0.2, 0.25) is 0 Å². The van der Waals surface area contributed by atoms with Crippen LogP contribution in [0.25, 0.3) is 22.6 Å². The molecule has 3 aromatic heterocycles. The number of halogens is 1. The summed E-state index contributed by atoms with van der Waals surface area (Å²) in [7, 11) is 0. The molecule has 2 aromatic carbocycles. The van der Waals surface area contributed by atoms with Crippen molar-refractivity contribution < 1.29 is 8.91 Å². The summed E-state index contributed by atoms with van der Waals surface area (Å²) in [6.07, 6.45) is 1.40. The van der Waals surface area contributed by atoms with Crippen LogP contribution in [0.3, 0.4) is 0 Å². The summed E-state index contributed by atoms with van der Waals surface area (Å²) in [5.41, 5.74) is 1.83. The third-order valence-corrected chi connectivity index (χ3v) is 4.54. The van der Waals surface area contributed by atoms with E-state index >= 15 is 0 Å². The molecule has 0 aliphatic carbocycles. The largest absolute Gasteiger partial charge is 0.337 e. The molecule has 0 amide bonds. The van der Waals surface area contributed by atoms with Crippen molar-refractivity contribution in [3.05, 3.63) is 88.5 Å². The molecule has 10 heteroatoms. The normalized spacial score (nSPS) is 11.2. The van der Waals surface area contributed by atoms with Crippen LogP contribution in [0.15, 0.2) is 70.2 Å². The van der Waals surface area contributed by atoms with Gasteiger partial charge < -0.3 is 4.52 Å². The van der Waals surface area contributed by atoms with Crippen molar-refractivity contribution in [2.24, 2.45) is 0 Å². The second-order valence-corrected chi connectivity index (χ2v) is 6.60. The molecule has 30 heavy (non-hydrogen) atoms. The summed E-state index contributed by atoms with van der Waals surface area (Å²) >= 11 is 0. The predicted octanol–water partition coefficient (Wildman–Crippen LogP) is 2.27. The number of rotatable bonds is 5. The fourth-order valence-electron chi connectivity index (χ4n) is 3.04. The monoisotopic (exact) mass is 403 g/mol. The van der Waals surface area contributed by atoms with Crippen LogP contribution in [0.4, 0.5) is 4.39 Å². The molecule has 5 rings (SSSR count). The molecule has 0 bridgehead atoms. The topological polar surface area (TPSA) is 105 Å². The van der Waals surface area contributed by atoms with Crippen LogP contribution in [0, 0.1) is 5.82 Å². The number of hydrogen-bond donors (Lipinski definition) is 0. The summed E-state index contributed by atoms with van der Waals surface area (Å²) in [6.45, 7) is 0.486. The van der Waals surface area contributed by atoms with Gasteiger partial charge in [0, 0.05) is 5.56 Å². The number of aromatic nitrogens is 7. The summed E-state index contributed by atoms with van der Waals surface area (Å²) in [5, 5.41) is 11.9. The van der Waals surface area contributed by atoms with E-state index in [0.29, 0.717) is 23.6 Å². The van der Waals surface area contributed by atoms with Crippen LogP contribution >= 0.6 is 0 Å². The minimum absolute atomic E-state index is 0.0293. The van der Waals surface area contributed by atoms with Gasteiger partial charge in [-0.15, -0.1) is 5.10 Å². The lowest BCUT2D eigenvalue weighted by atomic mass is 10.2. The van der Waals surface area contributed by atoms with Gasteiger partial charge in [0.25, 0.3) is 5.56 Å². The summed E-state index contributed by atoms with van der Waals surface area (Å²) in [5.74, 6) is 0.170. The van der Waals surface area contributed by atoms with Gasteiger partial charge in [0.1, 0.15) is 18.7 Å². The zero-order valence-corrected chi connectivity index (χ0v) is 15.5. The van der Waals surface area contributed by atoms with E-state index in [1.165, 1.54) is 23.0 Å². The molecule has 0 atom stereocenters. The first kappa shape index (κ1) is 17.9. The van der Waals surface area contributed by atoms with Gasteiger partial charge in [0.2, 0.25) is 11.7 Å². The molecule has 0 fully saturated rings. The van der Waals surface area contributed by atoms with Crippen LogP contribution in [-0.2, 0) is 13.1 Å². The summed E-state index contributed by atoms with van der Waals surface area (Å²) in [4.78, 5) is 21.4. The Morgan fingerprint density at radius 3 is 2.60 bits per heavy atom. The van der Waals surface area contributed by atoms with Gasteiger partial charge in [0.05, 0.1) is 6.54 Å². The lowest BCUT2D eigenvalue weighted by Gasteiger charge is -2.03. The minimum Gasteiger partial charge on any atom is -0.337 e. The van der Waals surface area contributed by atoms with Gasteiger partial charge >= 0.3 is 0 Å². The van der Waals surface area contributed by atoms with E-state index in [-0.39, 0.29) is 29.3 Å². The molecule has 5 aromatic rings. The van der Waals surface area contributed by atoms with Crippen LogP contribution < -0.4 is 5.56 Å². The average molecular weight is 403 g/mol. The van der Waals surface area contributed by atoms with Crippen molar-refractivity contribution in [3.63, 3.8) is 0 Å². The zero-order valence-electron chi connectivity index (χ0n) is 15.5. The maximum atomic E-state index is 13.1. The highest BCUT2D eigenvalue weighted by molar-refractivity contribution is 5.67. The van der Waals surface area contributed by atoms with Gasteiger partial charge in [-0.1, -0.05) is 40.7 Å². The van der Waals surface area contributed by atoms with E-state index in [0.717, 1.165) is 5.56 Å². The molecular formula is C20H14FN7O2. The van der Waals surface area contributed by atoms with E-state index < -0.39 is 0 Å². The first-order valence-electron chi connectivity index (χ1n) is 9.08. The second-order valence-electron chi connectivity index (χ2n) is 6.60. The Labute approximate surface area is 168 Å². The third kappa shape index (κ3) is 3.34. The Morgan fingerprint density at radius 2 is 1.80 bits per heavy atom. The van der Waals surface area contributed by atoms with Crippen molar-refractivity contribution in [1.29, 1.82) is 0 Å². The van der Waals surface area contributed by atoms with E-state index in [9.17, 15) is 9.18 Å². The maximum Gasteiger partial charge on any atom is 0.283 e. The van der Waals surface area contributed by atoms with Crippen molar-refractivity contribution in [2.75, 3.05) is 0 Å². The smallest absolute Gasteiger partial charge is 0.283 e. The SMILES string of the molecule is O=c1c2nnn(Cc3ccccc3)c2ncn1Cc1nc(-c2ccc(F)cc2)no1. The molecule has 9 nitrogen and oxygen atoms in total. The Kier molecular flexibility index (Phi) is 4.36. The van der Waals surface area contributed by atoms with Gasteiger partial charge in [-0.2, -0.15) is 4.98 Å². The quantitative estimate of drug-likeness (QED) is 0.443. The fourth-order valence-corrected chi connectivity index (χ4v) is 3.04. The molecule has 148 valence electrons. The lowest BCUT2D eigenvalue weighted by Crippen LogP contribution is -2.21. The number of benzene rings is 2. The van der Waals surface area contributed by atoms with Crippen LogP contribution in [0.5, 0.6) is 0 Å². The Hall–Kier alpha value is -4.21. The Morgan fingerprint density at radius 1 is 1.00 bits per heavy atom. The highest BCUT2D eigenvalue weighted by atomic mass is 19.1. The molecule has 0 saturated carbocycles. The molecule has 0 aliphatic heterocycles. The van der Waals surface area contributed by atoms with Gasteiger partial charge in [-0.25, -0.2) is 14.1 Å². The van der Waals surface area contributed by atoms with Crippen molar-refractivity contribution in [3.8, 4) is 11.4 Å². The predicted molar refractivity (Wildman–Crippen MR) is 104 cm³/mol. The molecule has 3 heterocycles. The maximum absolute atomic E-state index is 13.1. The van der Waals surface area contributed by atoms with Crippen LogP contribution in [0.1, 0.15) is 11.5 Å². The summed E-state index contributed by atoms with van der Waals surface area (Å²) < 4.78 is 21.2. The van der Waals surface area contributed by atoms with Crippen LogP contribution in [-0.4, -0.2) is 34.7 Å². The third-order valence-electron chi connectivity index (χ3n) is 4.54. The highest BCUT2D eigenvalue weighted by Crippen LogP contribution is 2.16. The van der Waals surface area contributed by atoms with Crippen molar-refractivity contribution in [2.45, 2.75) is 13.1 Å². The molecule has 0 N–H and O–H groups in total. The zero-order chi connectivity index (χ0) is 20.5. The Bertz CT molecular complexity index is 1370. The number of hydrogen-bond acceptors (Lipinski definition) is 7. The van der Waals surface area contributed by atoms with E-state index in [4.69, 9.17) is 4.52 Å². The lowest BCUT2D eigenvalue weighted by molar-refractivity contribution is 0.369. The number of fused-ring (bicyclic) bond motifs is 1. The summed E-state index contributed by atoms with van der Waals surface area (Å²) in [6, 6.07) is 15.4. The molecule has 0 spiro atoms. The Balaban J connectivity index is 1.41. The van der Waals surface area contributed by atoms with Crippen molar-refractivity contribution >= 4 is 11.2 Å². The van der Waals surface area contributed by atoms with E-state index in [1.54, 1.807) is 16.8 Å². The van der Waals surface area contributed by atoms with E-state index in [1.807, 2.05) is 30.3 Å². The second kappa shape index (κ2) is 7.32. The van der Waals surface area contributed by atoms with Gasteiger partial charge in [-0.3, -0.25) is 9.36 Å². The number of nitrogens with zero attached hydrogens (tertiary/aromatic N) is 7. The van der Waals surface area contributed by atoms with Crippen molar-refractivity contribution in [1.82, 2.24) is 34.7 Å². The molecular weight excluding hydrogens is 389 g/mol. The molecule has 0 radical (unpaired) electrons. The average Bonchev–Trinajstić information content (AvgIpc) is 3.39. The first-order valence-corrected chi connectivity index (χ1v) is 9.08.